The van der Waals surface area contributed by atoms with Gasteiger partial charge in [0.25, 0.3) is 0 Å². The van der Waals surface area contributed by atoms with Crippen LogP contribution in [0.5, 0.6) is 17.2 Å². The highest BCUT2D eigenvalue weighted by Crippen LogP contribution is 2.51. The van der Waals surface area contributed by atoms with Gasteiger partial charge in [0, 0.05) is 17.5 Å². The Morgan fingerprint density at radius 1 is 1.09 bits per heavy atom. The SMILES string of the molecule is COc1cccc2c1-c1c(OC)cccc1C(CCC(=O)O)O2. The average Bonchev–Trinajstić information content (AvgIpc) is 2.58. The molecule has 1 heterocycles. The second-order valence-corrected chi connectivity index (χ2v) is 5.30. The Morgan fingerprint density at radius 3 is 2.39 bits per heavy atom. The molecule has 1 N–H and O–H groups in total. The number of rotatable bonds is 5. The van der Waals surface area contributed by atoms with Gasteiger partial charge in [-0.05, 0) is 24.6 Å². The molecule has 1 aliphatic rings. The summed E-state index contributed by atoms with van der Waals surface area (Å²) in [5.41, 5.74) is 2.67. The Bertz CT molecular complexity index is 738. The molecule has 0 amide bonds. The average molecular weight is 314 g/mol. The molecule has 1 aliphatic heterocycles. The molecule has 2 aromatic rings. The molecule has 1 atom stereocenters. The van der Waals surface area contributed by atoms with E-state index in [9.17, 15) is 4.79 Å². The van der Waals surface area contributed by atoms with Gasteiger partial charge in [-0.25, -0.2) is 0 Å². The summed E-state index contributed by atoms with van der Waals surface area (Å²) in [5, 5.41) is 8.97. The maximum atomic E-state index is 10.9. The van der Waals surface area contributed by atoms with Gasteiger partial charge < -0.3 is 19.3 Å². The van der Waals surface area contributed by atoms with Crippen LogP contribution >= 0.6 is 0 Å². The fraction of sp³-hybridized carbons (Fsp3) is 0.278. The van der Waals surface area contributed by atoms with E-state index in [1.54, 1.807) is 14.2 Å². The van der Waals surface area contributed by atoms with Crippen molar-refractivity contribution in [1.82, 2.24) is 0 Å². The normalized spacial score (nSPS) is 15.1. The second-order valence-electron chi connectivity index (χ2n) is 5.30. The van der Waals surface area contributed by atoms with Crippen molar-refractivity contribution in [2.75, 3.05) is 14.2 Å². The van der Waals surface area contributed by atoms with Crippen LogP contribution < -0.4 is 14.2 Å². The topological polar surface area (TPSA) is 65.0 Å². The summed E-state index contributed by atoms with van der Waals surface area (Å²) >= 11 is 0. The quantitative estimate of drug-likeness (QED) is 0.912. The molecule has 2 aromatic carbocycles. The highest BCUT2D eigenvalue weighted by Gasteiger charge is 2.31. The number of ether oxygens (including phenoxy) is 3. The van der Waals surface area contributed by atoms with Crippen molar-refractivity contribution < 1.29 is 24.1 Å². The van der Waals surface area contributed by atoms with Gasteiger partial charge in [0.1, 0.15) is 23.4 Å². The number of carboxylic acids is 1. The van der Waals surface area contributed by atoms with Crippen molar-refractivity contribution in [1.29, 1.82) is 0 Å². The molecule has 0 saturated heterocycles. The van der Waals surface area contributed by atoms with E-state index in [2.05, 4.69) is 0 Å². The number of methoxy groups -OCH3 is 2. The molecule has 0 spiro atoms. The van der Waals surface area contributed by atoms with Crippen molar-refractivity contribution in [3.63, 3.8) is 0 Å². The van der Waals surface area contributed by atoms with Crippen molar-refractivity contribution >= 4 is 5.97 Å². The van der Waals surface area contributed by atoms with E-state index in [1.165, 1.54) is 0 Å². The molecule has 1 unspecified atom stereocenters. The molecule has 0 bridgehead atoms. The fourth-order valence-electron chi connectivity index (χ4n) is 2.97. The van der Waals surface area contributed by atoms with Crippen LogP contribution in [0.4, 0.5) is 0 Å². The molecule has 120 valence electrons. The number of hydrogen-bond acceptors (Lipinski definition) is 4. The Morgan fingerprint density at radius 2 is 1.74 bits per heavy atom. The van der Waals surface area contributed by atoms with Crippen LogP contribution in [0.3, 0.4) is 0 Å². The van der Waals surface area contributed by atoms with Crippen LogP contribution in [-0.2, 0) is 4.79 Å². The maximum absolute atomic E-state index is 10.9. The standard InChI is InChI=1S/C18H18O5/c1-21-13-6-3-5-11-12(9-10-16(19)20)23-15-8-4-7-14(22-2)18(15)17(11)13/h3-8,12H,9-10H2,1-2H3,(H,19,20). The van der Waals surface area contributed by atoms with Gasteiger partial charge in [-0.15, -0.1) is 0 Å². The predicted molar refractivity (Wildman–Crippen MR) is 85.2 cm³/mol. The van der Waals surface area contributed by atoms with Crippen molar-refractivity contribution in [2.45, 2.75) is 18.9 Å². The molecule has 0 fully saturated rings. The molecule has 23 heavy (non-hydrogen) atoms. The molecule has 0 aliphatic carbocycles. The first-order valence-corrected chi connectivity index (χ1v) is 7.38. The van der Waals surface area contributed by atoms with E-state index >= 15 is 0 Å². The third kappa shape index (κ3) is 2.70. The van der Waals surface area contributed by atoms with E-state index in [-0.39, 0.29) is 12.5 Å². The number of benzene rings is 2. The van der Waals surface area contributed by atoms with Crippen LogP contribution in [0.2, 0.25) is 0 Å². The van der Waals surface area contributed by atoms with Crippen LogP contribution in [0.1, 0.15) is 24.5 Å². The molecule has 3 rings (SSSR count). The largest absolute Gasteiger partial charge is 0.496 e. The van der Waals surface area contributed by atoms with Gasteiger partial charge in [-0.3, -0.25) is 4.79 Å². The number of fused-ring (bicyclic) bond motifs is 3. The summed E-state index contributed by atoms with van der Waals surface area (Å²) in [7, 11) is 3.23. The van der Waals surface area contributed by atoms with Gasteiger partial charge >= 0.3 is 5.97 Å². The Hall–Kier alpha value is -2.69. The smallest absolute Gasteiger partial charge is 0.303 e. The van der Waals surface area contributed by atoms with Gasteiger partial charge in [-0.2, -0.15) is 0 Å². The summed E-state index contributed by atoms with van der Waals surface area (Å²) in [4.78, 5) is 10.9. The minimum atomic E-state index is -0.838. The number of hydrogen-bond donors (Lipinski definition) is 1. The summed E-state index contributed by atoms with van der Waals surface area (Å²) in [6, 6.07) is 11.3. The molecule has 0 radical (unpaired) electrons. The summed E-state index contributed by atoms with van der Waals surface area (Å²) in [6.07, 6.45) is 0.114. The van der Waals surface area contributed by atoms with Crippen LogP contribution in [-0.4, -0.2) is 25.3 Å². The van der Waals surface area contributed by atoms with E-state index in [0.717, 1.165) is 22.4 Å². The minimum absolute atomic E-state index is 0.0423. The minimum Gasteiger partial charge on any atom is -0.496 e. The Balaban J connectivity index is 2.16. The van der Waals surface area contributed by atoms with Crippen molar-refractivity contribution in [3.05, 3.63) is 42.0 Å². The molecule has 0 aromatic heterocycles. The molecule has 5 nitrogen and oxygen atoms in total. The van der Waals surface area contributed by atoms with Crippen LogP contribution in [0.15, 0.2) is 36.4 Å². The summed E-state index contributed by atoms with van der Waals surface area (Å²) in [6.45, 7) is 0. The van der Waals surface area contributed by atoms with Gasteiger partial charge in [0.15, 0.2) is 0 Å². The lowest BCUT2D eigenvalue weighted by atomic mass is 9.89. The molecule has 5 heteroatoms. The van der Waals surface area contributed by atoms with Gasteiger partial charge in [-0.1, -0.05) is 18.2 Å². The van der Waals surface area contributed by atoms with Gasteiger partial charge in [0.05, 0.1) is 19.8 Å². The Labute approximate surface area is 134 Å². The van der Waals surface area contributed by atoms with E-state index < -0.39 is 5.97 Å². The third-order valence-electron chi connectivity index (χ3n) is 3.97. The third-order valence-corrected chi connectivity index (χ3v) is 3.97. The fourth-order valence-corrected chi connectivity index (χ4v) is 2.97. The lowest BCUT2D eigenvalue weighted by molar-refractivity contribution is -0.137. The molecular formula is C18H18O5. The first kappa shape index (κ1) is 15.2. The highest BCUT2D eigenvalue weighted by molar-refractivity contribution is 5.85. The van der Waals surface area contributed by atoms with E-state index in [1.807, 2.05) is 36.4 Å². The summed E-state index contributed by atoms with van der Waals surface area (Å²) in [5.74, 6) is 1.26. The highest BCUT2D eigenvalue weighted by atomic mass is 16.5. The zero-order valence-corrected chi connectivity index (χ0v) is 13.0. The summed E-state index contributed by atoms with van der Waals surface area (Å²) < 4.78 is 17.0. The van der Waals surface area contributed by atoms with E-state index in [0.29, 0.717) is 17.9 Å². The van der Waals surface area contributed by atoms with E-state index in [4.69, 9.17) is 19.3 Å². The zero-order valence-electron chi connectivity index (χ0n) is 13.0. The van der Waals surface area contributed by atoms with Crippen LogP contribution in [0.25, 0.3) is 11.1 Å². The lowest BCUT2D eigenvalue weighted by Gasteiger charge is -2.30. The Kier molecular flexibility index (Phi) is 4.10. The first-order chi connectivity index (χ1) is 11.2. The van der Waals surface area contributed by atoms with Crippen molar-refractivity contribution in [3.8, 4) is 28.4 Å². The second kappa shape index (κ2) is 6.20. The van der Waals surface area contributed by atoms with Crippen LogP contribution in [0, 0.1) is 0 Å². The maximum Gasteiger partial charge on any atom is 0.303 e. The zero-order chi connectivity index (χ0) is 16.4. The number of carboxylic acid groups (broad SMARTS) is 1. The van der Waals surface area contributed by atoms with Crippen molar-refractivity contribution in [2.24, 2.45) is 0 Å². The first-order valence-electron chi connectivity index (χ1n) is 7.38. The predicted octanol–water partition coefficient (Wildman–Crippen LogP) is 3.67. The number of aliphatic carboxylic acids is 1. The lowest BCUT2D eigenvalue weighted by Crippen LogP contribution is -2.16. The molecule has 0 saturated carbocycles. The monoisotopic (exact) mass is 314 g/mol. The van der Waals surface area contributed by atoms with Gasteiger partial charge in [0.2, 0.25) is 0 Å². The number of carbonyl (C=O) groups is 1. The molecular weight excluding hydrogens is 296 g/mol.